The Hall–Kier alpha value is -2.60. The highest BCUT2D eigenvalue weighted by Gasteiger charge is 2.21. The fourth-order valence-electron chi connectivity index (χ4n) is 3.00. The van der Waals surface area contributed by atoms with Crippen LogP contribution in [0.2, 0.25) is 0 Å². The molecular weight excluding hydrogens is 304 g/mol. The van der Waals surface area contributed by atoms with Gasteiger partial charge in [-0.3, -0.25) is 0 Å². The van der Waals surface area contributed by atoms with Crippen molar-refractivity contribution in [1.82, 2.24) is 14.9 Å². The van der Waals surface area contributed by atoms with E-state index in [0.29, 0.717) is 0 Å². The van der Waals surface area contributed by atoms with Crippen LogP contribution in [0, 0.1) is 0 Å². The molecule has 6 heteroatoms. The maximum atomic E-state index is 5.58. The zero-order valence-corrected chi connectivity index (χ0v) is 13.7. The lowest BCUT2D eigenvalue weighted by atomic mass is 10.1. The van der Waals surface area contributed by atoms with E-state index < -0.39 is 0 Å². The van der Waals surface area contributed by atoms with Crippen molar-refractivity contribution >= 4 is 5.95 Å². The van der Waals surface area contributed by atoms with Gasteiger partial charge in [-0.15, -0.1) is 0 Å². The second-order valence-corrected chi connectivity index (χ2v) is 5.81. The molecule has 0 N–H and O–H groups in total. The van der Waals surface area contributed by atoms with E-state index >= 15 is 0 Å². The molecule has 3 aromatic rings. The molecule has 3 aromatic heterocycles. The second kappa shape index (κ2) is 6.49. The number of hydrogen-bond donors (Lipinski definition) is 0. The molecule has 1 saturated heterocycles. The van der Waals surface area contributed by atoms with Crippen molar-refractivity contribution < 1.29 is 8.83 Å². The van der Waals surface area contributed by atoms with E-state index in [4.69, 9.17) is 13.8 Å². The van der Waals surface area contributed by atoms with Crippen molar-refractivity contribution in [2.75, 3.05) is 37.6 Å². The average molecular weight is 324 g/mol. The summed E-state index contributed by atoms with van der Waals surface area (Å²) in [5.74, 6) is 2.20. The third kappa shape index (κ3) is 2.80. The number of aromatic nitrogens is 2. The van der Waals surface area contributed by atoms with E-state index in [1.54, 1.807) is 12.5 Å². The Labute approximate surface area is 140 Å². The van der Waals surface area contributed by atoms with Crippen molar-refractivity contribution in [3.8, 4) is 22.8 Å². The molecule has 0 amide bonds. The van der Waals surface area contributed by atoms with Gasteiger partial charge in [0, 0.05) is 32.4 Å². The minimum Gasteiger partial charge on any atom is -0.464 e. The minimum absolute atomic E-state index is 0.720. The molecule has 0 unspecified atom stereocenters. The third-order valence-electron chi connectivity index (χ3n) is 4.42. The van der Waals surface area contributed by atoms with Gasteiger partial charge in [0.2, 0.25) is 5.95 Å². The van der Waals surface area contributed by atoms with Crippen LogP contribution < -0.4 is 4.90 Å². The van der Waals surface area contributed by atoms with Crippen molar-refractivity contribution in [2.24, 2.45) is 0 Å². The van der Waals surface area contributed by atoms with Gasteiger partial charge in [-0.1, -0.05) is 6.92 Å². The molecule has 1 fully saturated rings. The van der Waals surface area contributed by atoms with Gasteiger partial charge in [-0.2, -0.15) is 0 Å². The first-order valence-electron chi connectivity index (χ1n) is 8.27. The summed E-state index contributed by atoms with van der Waals surface area (Å²) in [5, 5.41) is 0. The van der Waals surface area contributed by atoms with E-state index in [1.165, 1.54) is 0 Å². The zero-order valence-electron chi connectivity index (χ0n) is 13.7. The Morgan fingerprint density at radius 1 is 1.00 bits per heavy atom. The van der Waals surface area contributed by atoms with E-state index in [-0.39, 0.29) is 0 Å². The van der Waals surface area contributed by atoms with Gasteiger partial charge in [0.25, 0.3) is 0 Å². The molecule has 0 bridgehead atoms. The standard InChI is InChI=1S/C18H20N4O2/c1-2-21-7-9-22(10-8-21)18-19-13-14(15-5-3-11-23-15)17(20-18)16-6-4-12-24-16/h3-6,11-13H,2,7-10H2,1H3. The quantitative estimate of drug-likeness (QED) is 0.735. The van der Waals surface area contributed by atoms with Crippen LogP contribution in [0.3, 0.4) is 0 Å². The molecule has 0 aromatic carbocycles. The minimum atomic E-state index is 0.720. The average Bonchev–Trinajstić information content (AvgIpc) is 3.35. The fraction of sp³-hybridized carbons (Fsp3) is 0.333. The summed E-state index contributed by atoms with van der Waals surface area (Å²) in [6.45, 7) is 7.23. The molecule has 0 spiro atoms. The lowest BCUT2D eigenvalue weighted by molar-refractivity contribution is 0.270. The van der Waals surface area contributed by atoms with Gasteiger partial charge in [0.05, 0.1) is 18.1 Å². The summed E-state index contributed by atoms with van der Waals surface area (Å²) in [7, 11) is 0. The van der Waals surface area contributed by atoms with E-state index in [9.17, 15) is 0 Å². The molecular formula is C18H20N4O2. The van der Waals surface area contributed by atoms with Crippen molar-refractivity contribution in [3.63, 3.8) is 0 Å². The van der Waals surface area contributed by atoms with Gasteiger partial charge in [0.15, 0.2) is 5.76 Å². The Bertz CT molecular complexity index is 775. The van der Waals surface area contributed by atoms with Crippen molar-refractivity contribution in [1.29, 1.82) is 0 Å². The molecule has 1 aliphatic rings. The highest BCUT2D eigenvalue weighted by atomic mass is 16.3. The van der Waals surface area contributed by atoms with Crippen LogP contribution in [0.15, 0.2) is 51.8 Å². The predicted molar refractivity (Wildman–Crippen MR) is 91.8 cm³/mol. The molecule has 0 atom stereocenters. The summed E-state index contributed by atoms with van der Waals surface area (Å²) in [5.41, 5.74) is 1.60. The summed E-state index contributed by atoms with van der Waals surface area (Å²) < 4.78 is 11.1. The topological polar surface area (TPSA) is 58.5 Å². The molecule has 0 radical (unpaired) electrons. The van der Waals surface area contributed by atoms with Crippen LogP contribution in [0.25, 0.3) is 22.8 Å². The Morgan fingerprint density at radius 3 is 2.33 bits per heavy atom. The van der Waals surface area contributed by atoms with Crippen LogP contribution in [0.4, 0.5) is 5.95 Å². The smallest absolute Gasteiger partial charge is 0.226 e. The van der Waals surface area contributed by atoms with Crippen LogP contribution in [-0.2, 0) is 0 Å². The van der Waals surface area contributed by atoms with Gasteiger partial charge in [0.1, 0.15) is 11.5 Å². The molecule has 24 heavy (non-hydrogen) atoms. The SMILES string of the molecule is CCN1CCN(c2ncc(-c3ccco3)c(-c3ccco3)n2)CC1. The van der Waals surface area contributed by atoms with Crippen molar-refractivity contribution in [3.05, 3.63) is 43.0 Å². The Kier molecular flexibility index (Phi) is 4.04. The number of hydrogen-bond acceptors (Lipinski definition) is 6. The number of likely N-dealkylation sites (N-methyl/N-ethyl adjacent to an activating group) is 1. The molecule has 4 heterocycles. The predicted octanol–water partition coefficient (Wildman–Crippen LogP) is 3.14. The number of piperazine rings is 1. The number of furan rings is 2. The summed E-state index contributed by atoms with van der Waals surface area (Å²) in [6.07, 6.45) is 5.13. The Balaban J connectivity index is 1.69. The summed E-state index contributed by atoms with van der Waals surface area (Å²) >= 11 is 0. The first-order chi connectivity index (χ1) is 11.8. The lowest BCUT2D eigenvalue weighted by Gasteiger charge is -2.34. The van der Waals surface area contributed by atoms with E-state index in [2.05, 4.69) is 21.7 Å². The monoisotopic (exact) mass is 324 g/mol. The molecule has 0 aliphatic carbocycles. The molecule has 124 valence electrons. The highest BCUT2D eigenvalue weighted by Crippen LogP contribution is 2.32. The summed E-state index contributed by atoms with van der Waals surface area (Å²) in [4.78, 5) is 14.0. The van der Waals surface area contributed by atoms with Gasteiger partial charge < -0.3 is 18.6 Å². The normalized spacial score (nSPS) is 15.8. The fourth-order valence-corrected chi connectivity index (χ4v) is 3.00. The van der Waals surface area contributed by atoms with Crippen LogP contribution in [0.5, 0.6) is 0 Å². The first-order valence-corrected chi connectivity index (χ1v) is 8.27. The van der Waals surface area contributed by atoms with Gasteiger partial charge in [-0.25, -0.2) is 9.97 Å². The Morgan fingerprint density at radius 2 is 1.71 bits per heavy atom. The zero-order chi connectivity index (χ0) is 16.4. The first kappa shape index (κ1) is 15.0. The van der Waals surface area contributed by atoms with E-state index in [1.807, 2.05) is 30.5 Å². The molecule has 6 nitrogen and oxygen atoms in total. The molecule has 0 saturated carbocycles. The largest absolute Gasteiger partial charge is 0.464 e. The number of anilines is 1. The van der Waals surface area contributed by atoms with Crippen LogP contribution in [0.1, 0.15) is 6.92 Å². The maximum Gasteiger partial charge on any atom is 0.226 e. The van der Waals surface area contributed by atoms with Crippen molar-refractivity contribution in [2.45, 2.75) is 6.92 Å². The number of rotatable bonds is 4. The maximum absolute atomic E-state index is 5.58. The molecule has 4 rings (SSSR count). The second-order valence-electron chi connectivity index (χ2n) is 5.81. The van der Waals surface area contributed by atoms with E-state index in [0.717, 1.165) is 61.4 Å². The third-order valence-corrected chi connectivity index (χ3v) is 4.42. The van der Waals surface area contributed by atoms with Crippen LogP contribution in [-0.4, -0.2) is 47.6 Å². The van der Waals surface area contributed by atoms with Crippen LogP contribution >= 0.6 is 0 Å². The highest BCUT2D eigenvalue weighted by molar-refractivity contribution is 5.75. The number of nitrogens with zero attached hydrogens (tertiary/aromatic N) is 4. The lowest BCUT2D eigenvalue weighted by Crippen LogP contribution is -2.46. The molecule has 1 aliphatic heterocycles. The summed E-state index contributed by atoms with van der Waals surface area (Å²) in [6, 6.07) is 7.54. The van der Waals surface area contributed by atoms with Gasteiger partial charge >= 0.3 is 0 Å². The van der Waals surface area contributed by atoms with Gasteiger partial charge in [-0.05, 0) is 30.8 Å².